The lowest BCUT2D eigenvalue weighted by atomic mass is 10.0. The lowest BCUT2D eigenvalue weighted by Gasteiger charge is -2.09. The number of aromatic amines is 1. The van der Waals surface area contributed by atoms with Crippen LogP contribution in [0.3, 0.4) is 0 Å². The maximum absolute atomic E-state index is 12.4. The van der Waals surface area contributed by atoms with Crippen LogP contribution in [0.25, 0.3) is 11.0 Å². The number of nitrogens with zero attached hydrogens (tertiary/aromatic N) is 2. The van der Waals surface area contributed by atoms with Crippen molar-refractivity contribution in [3.63, 3.8) is 0 Å². The summed E-state index contributed by atoms with van der Waals surface area (Å²) in [6.07, 6.45) is 0.924. The van der Waals surface area contributed by atoms with Gasteiger partial charge in [0.25, 0.3) is 0 Å². The SMILES string of the molecule is CCCOc1ccccc1C(=O)c1ccccc1.c1ccc2n[nH]nc2c1. The molecule has 1 N–H and O–H groups in total. The average molecular weight is 359 g/mol. The minimum absolute atomic E-state index is 0.00213. The molecule has 4 rings (SSSR count). The Morgan fingerprint density at radius 1 is 0.852 bits per heavy atom. The Kier molecular flexibility index (Phi) is 6.30. The molecule has 0 fully saturated rings. The largest absolute Gasteiger partial charge is 0.493 e. The van der Waals surface area contributed by atoms with Gasteiger partial charge in [0.1, 0.15) is 16.8 Å². The molecule has 0 saturated carbocycles. The fourth-order valence-corrected chi connectivity index (χ4v) is 2.52. The van der Waals surface area contributed by atoms with Gasteiger partial charge in [0.15, 0.2) is 5.78 Å². The fourth-order valence-electron chi connectivity index (χ4n) is 2.52. The Labute approximate surface area is 158 Å². The first-order chi connectivity index (χ1) is 13.3. The Hall–Kier alpha value is -3.47. The molecule has 0 saturated heterocycles. The van der Waals surface area contributed by atoms with Crippen LogP contribution in [0.1, 0.15) is 29.3 Å². The predicted molar refractivity (Wildman–Crippen MR) is 106 cm³/mol. The van der Waals surface area contributed by atoms with Crippen LogP contribution in [0.15, 0.2) is 78.9 Å². The number of fused-ring (bicyclic) bond motifs is 1. The minimum atomic E-state index is 0.00213. The molecule has 0 spiro atoms. The molecule has 0 aliphatic carbocycles. The maximum atomic E-state index is 12.4. The smallest absolute Gasteiger partial charge is 0.196 e. The van der Waals surface area contributed by atoms with Gasteiger partial charge in [-0.2, -0.15) is 15.4 Å². The summed E-state index contributed by atoms with van der Waals surface area (Å²) in [7, 11) is 0. The molecule has 4 aromatic rings. The van der Waals surface area contributed by atoms with Gasteiger partial charge in [0.2, 0.25) is 0 Å². The number of ketones is 1. The van der Waals surface area contributed by atoms with Crippen molar-refractivity contribution in [1.82, 2.24) is 15.4 Å². The molecule has 136 valence electrons. The number of para-hydroxylation sites is 3. The zero-order valence-electron chi connectivity index (χ0n) is 15.1. The van der Waals surface area contributed by atoms with Crippen molar-refractivity contribution < 1.29 is 9.53 Å². The van der Waals surface area contributed by atoms with E-state index >= 15 is 0 Å². The van der Waals surface area contributed by atoms with Gasteiger partial charge in [0.05, 0.1) is 12.2 Å². The molecule has 0 aliphatic heterocycles. The number of H-pyrrole nitrogens is 1. The second-order valence-electron chi connectivity index (χ2n) is 5.85. The fraction of sp³-hybridized carbons (Fsp3) is 0.136. The van der Waals surface area contributed by atoms with E-state index in [1.165, 1.54) is 0 Å². The molecule has 3 aromatic carbocycles. The second-order valence-corrected chi connectivity index (χ2v) is 5.85. The molecule has 1 heterocycles. The number of aromatic nitrogens is 3. The van der Waals surface area contributed by atoms with Crippen LogP contribution in [0.2, 0.25) is 0 Å². The zero-order valence-corrected chi connectivity index (χ0v) is 15.1. The molecular formula is C22H21N3O2. The molecule has 5 nitrogen and oxygen atoms in total. The van der Waals surface area contributed by atoms with Crippen LogP contribution in [0, 0.1) is 0 Å². The summed E-state index contributed by atoms with van der Waals surface area (Å²) in [6.45, 7) is 2.67. The highest BCUT2D eigenvalue weighted by Gasteiger charge is 2.13. The number of hydrogen-bond acceptors (Lipinski definition) is 4. The summed E-state index contributed by atoms with van der Waals surface area (Å²) >= 11 is 0. The third kappa shape index (κ3) is 4.79. The van der Waals surface area contributed by atoms with Gasteiger partial charge in [-0.05, 0) is 30.7 Å². The quantitative estimate of drug-likeness (QED) is 0.526. The number of benzene rings is 3. The van der Waals surface area contributed by atoms with Crippen molar-refractivity contribution in [2.24, 2.45) is 0 Å². The molecule has 5 heteroatoms. The highest BCUT2D eigenvalue weighted by molar-refractivity contribution is 6.10. The van der Waals surface area contributed by atoms with E-state index in [0.717, 1.165) is 17.5 Å². The Morgan fingerprint density at radius 3 is 2.11 bits per heavy atom. The van der Waals surface area contributed by atoms with Crippen molar-refractivity contribution in [2.45, 2.75) is 13.3 Å². The standard InChI is InChI=1S/C16H16O2.C6H5N3/c1-2-12-18-15-11-7-6-10-14(15)16(17)13-8-4-3-5-9-13;1-2-4-6-5(3-1)7-9-8-6/h3-11H,2,12H2,1H3;1-4H,(H,7,8,9). The molecule has 0 atom stereocenters. The number of ether oxygens (including phenoxy) is 1. The van der Waals surface area contributed by atoms with E-state index in [1.54, 1.807) is 6.07 Å². The van der Waals surface area contributed by atoms with E-state index in [-0.39, 0.29) is 5.78 Å². The van der Waals surface area contributed by atoms with Crippen LogP contribution >= 0.6 is 0 Å². The second kappa shape index (κ2) is 9.29. The summed E-state index contributed by atoms with van der Waals surface area (Å²) in [5, 5.41) is 10.3. The molecule has 0 amide bonds. The van der Waals surface area contributed by atoms with E-state index in [4.69, 9.17) is 4.74 Å². The van der Waals surface area contributed by atoms with Crippen LogP contribution in [-0.2, 0) is 0 Å². The summed E-state index contributed by atoms with van der Waals surface area (Å²) in [4.78, 5) is 12.4. The van der Waals surface area contributed by atoms with E-state index in [0.29, 0.717) is 23.5 Å². The highest BCUT2D eigenvalue weighted by Crippen LogP contribution is 2.21. The van der Waals surface area contributed by atoms with Gasteiger partial charge >= 0.3 is 0 Å². The topological polar surface area (TPSA) is 67.9 Å². The minimum Gasteiger partial charge on any atom is -0.493 e. The summed E-state index contributed by atoms with van der Waals surface area (Å²) < 4.78 is 5.61. The average Bonchev–Trinajstić information content (AvgIpc) is 3.22. The van der Waals surface area contributed by atoms with Crippen LogP contribution in [0.4, 0.5) is 0 Å². The first kappa shape index (κ1) is 18.3. The van der Waals surface area contributed by atoms with Gasteiger partial charge < -0.3 is 4.74 Å². The lowest BCUT2D eigenvalue weighted by Crippen LogP contribution is -2.05. The Morgan fingerprint density at radius 2 is 1.44 bits per heavy atom. The monoisotopic (exact) mass is 359 g/mol. The number of rotatable bonds is 5. The zero-order chi connectivity index (χ0) is 18.9. The maximum Gasteiger partial charge on any atom is 0.196 e. The summed E-state index contributed by atoms with van der Waals surface area (Å²) in [5.74, 6) is 0.663. The number of hydrogen-bond donors (Lipinski definition) is 1. The van der Waals surface area contributed by atoms with E-state index in [9.17, 15) is 4.79 Å². The van der Waals surface area contributed by atoms with Gasteiger partial charge in [-0.1, -0.05) is 61.5 Å². The van der Waals surface area contributed by atoms with Crippen molar-refractivity contribution >= 4 is 16.8 Å². The van der Waals surface area contributed by atoms with Gasteiger partial charge in [-0.15, -0.1) is 0 Å². The molecule has 27 heavy (non-hydrogen) atoms. The first-order valence-corrected chi connectivity index (χ1v) is 8.86. The first-order valence-electron chi connectivity index (χ1n) is 8.86. The van der Waals surface area contributed by atoms with E-state index in [2.05, 4.69) is 15.4 Å². The molecule has 0 unspecified atom stereocenters. The highest BCUT2D eigenvalue weighted by atomic mass is 16.5. The number of nitrogens with one attached hydrogen (secondary N) is 1. The molecular weight excluding hydrogens is 338 g/mol. The third-order valence-corrected chi connectivity index (χ3v) is 3.85. The molecule has 0 radical (unpaired) electrons. The van der Waals surface area contributed by atoms with Crippen molar-refractivity contribution in [2.75, 3.05) is 6.61 Å². The predicted octanol–water partition coefficient (Wildman–Crippen LogP) is 4.66. The number of carbonyl (C=O) groups excluding carboxylic acids is 1. The lowest BCUT2D eigenvalue weighted by molar-refractivity contribution is 0.103. The normalized spacial score (nSPS) is 10.1. The van der Waals surface area contributed by atoms with E-state index < -0.39 is 0 Å². The Bertz CT molecular complexity index is 966. The molecule has 0 aliphatic rings. The van der Waals surface area contributed by atoms with Crippen LogP contribution in [0.5, 0.6) is 5.75 Å². The summed E-state index contributed by atoms with van der Waals surface area (Å²) in [6, 6.07) is 24.3. The van der Waals surface area contributed by atoms with Gasteiger partial charge in [0, 0.05) is 5.56 Å². The third-order valence-electron chi connectivity index (χ3n) is 3.85. The van der Waals surface area contributed by atoms with Crippen LogP contribution in [-0.4, -0.2) is 27.8 Å². The Balaban J connectivity index is 0.000000193. The van der Waals surface area contributed by atoms with Gasteiger partial charge in [-0.25, -0.2) is 0 Å². The van der Waals surface area contributed by atoms with Crippen molar-refractivity contribution in [3.05, 3.63) is 90.0 Å². The van der Waals surface area contributed by atoms with E-state index in [1.807, 2.05) is 79.7 Å². The summed E-state index contributed by atoms with van der Waals surface area (Å²) in [5.41, 5.74) is 3.14. The number of carbonyl (C=O) groups is 1. The van der Waals surface area contributed by atoms with Gasteiger partial charge in [-0.3, -0.25) is 4.79 Å². The van der Waals surface area contributed by atoms with Crippen molar-refractivity contribution in [3.8, 4) is 5.75 Å². The van der Waals surface area contributed by atoms with Crippen molar-refractivity contribution in [1.29, 1.82) is 0 Å². The molecule has 1 aromatic heterocycles. The molecule has 0 bridgehead atoms. The van der Waals surface area contributed by atoms with Crippen LogP contribution < -0.4 is 4.74 Å².